The molecule has 2 heterocycles. The number of fused-ring (bicyclic) bond motifs is 1. The molecule has 1 aliphatic rings. The van der Waals surface area contributed by atoms with E-state index in [1.807, 2.05) is 17.0 Å². The zero-order valence-electron chi connectivity index (χ0n) is 16.4. The van der Waals surface area contributed by atoms with Gasteiger partial charge in [-0.1, -0.05) is 18.2 Å². The van der Waals surface area contributed by atoms with Crippen LogP contribution in [0.2, 0.25) is 0 Å². The molecule has 0 spiro atoms. The average Bonchev–Trinajstić information content (AvgIpc) is 3.04. The normalized spacial score (nSPS) is 17.3. The first-order valence-electron chi connectivity index (χ1n) is 9.53. The Hall–Kier alpha value is -1.92. The number of carbonyl (C=O) groups is 2. The molecule has 1 aromatic carbocycles. The van der Waals surface area contributed by atoms with Crippen LogP contribution in [0.25, 0.3) is 10.1 Å². The molecule has 0 N–H and O–H groups in total. The lowest BCUT2D eigenvalue weighted by Gasteiger charge is -2.36. The summed E-state index contributed by atoms with van der Waals surface area (Å²) in [5, 5.41) is 1.14. The minimum atomic E-state index is 0.0410. The van der Waals surface area contributed by atoms with Crippen LogP contribution < -0.4 is 0 Å². The van der Waals surface area contributed by atoms with E-state index in [0.717, 1.165) is 52.8 Å². The molecule has 0 radical (unpaired) electrons. The Morgan fingerprint density at radius 2 is 2.04 bits per heavy atom. The number of ether oxygens (including phenoxy) is 1. The topological polar surface area (TPSA) is 49.9 Å². The number of benzene rings is 1. The van der Waals surface area contributed by atoms with Crippen LogP contribution in [0.4, 0.5) is 0 Å². The number of thiophene rings is 1. The van der Waals surface area contributed by atoms with Crippen molar-refractivity contribution in [2.45, 2.75) is 38.1 Å². The van der Waals surface area contributed by atoms with Crippen molar-refractivity contribution in [2.75, 3.05) is 34.4 Å². The second kappa shape index (κ2) is 8.85. The Kier molecular flexibility index (Phi) is 6.50. The Labute approximate surface area is 164 Å². The summed E-state index contributed by atoms with van der Waals surface area (Å²) in [5.41, 5.74) is 1.09. The number of carbonyl (C=O) groups excluding carboxylic acids is 2. The molecule has 6 heteroatoms. The van der Waals surface area contributed by atoms with Crippen LogP contribution in [-0.2, 0) is 16.0 Å². The number of piperidine rings is 1. The summed E-state index contributed by atoms with van der Waals surface area (Å²) in [4.78, 5) is 29.9. The fourth-order valence-electron chi connectivity index (χ4n) is 3.79. The first kappa shape index (κ1) is 19.8. The summed E-state index contributed by atoms with van der Waals surface area (Å²) in [5.74, 6) is 0.195. The van der Waals surface area contributed by atoms with Gasteiger partial charge >= 0.3 is 0 Å². The van der Waals surface area contributed by atoms with Crippen LogP contribution in [0.3, 0.4) is 0 Å². The minimum absolute atomic E-state index is 0.0410. The summed E-state index contributed by atoms with van der Waals surface area (Å²) >= 11 is 1.56. The van der Waals surface area contributed by atoms with Gasteiger partial charge in [0.2, 0.25) is 5.91 Å². The van der Waals surface area contributed by atoms with E-state index in [0.29, 0.717) is 13.0 Å². The Balaban J connectivity index is 1.92. The van der Waals surface area contributed by atoms with E-state index >= 15 is 0 Å². The predicted octanol–water partition coefficient (Wildman–Crippen LogP) is 3.56. The third-order valence-corrected chi connectivity index (χ3v) is 6.41. The molecule has 146 valence electrons. The van der Waals surface area contributed by atoms with E-state index in [-0.39, 0.29) is 17.9 Å². The van der Waals surface area contributed by atoms with Crippen molar-refractivity contribution >= 4 is 33.2 Å². The van der Waals surface area contributed by atoms with E-state index < -0.39 is 0 Å². The summed E-state index contributed by atoms with van der Waals surface area (Å²) in [7, 11) is 5.20. The van der Waals surface area contributed by atoms with Crippen molar-refractivity contribution in [3.63, 3.8) is 0 Å². The fourth-order valence-corrected chi connectivity index (χ4v) is 5.04. The van der Waals surface area contributed by atoms with Crippen LogP contribution in [0.5, 0.6) is 0 Å². The first-order valence-corrected chi connectivity index (χ1v) is 10.3. The number of likely N-dealkylation sites (tertiary alicyclic amines) is 1. The largest absolute Gasteiger partial charge is 0.384 e. The summed E-state index contributed by atoms with van der Waals surface area (Å²) in [6.45, 7) is 1.25. The minimum Gasteiger partial charge on any atom is -0.384 e. The molecule has 0 aliphatic carbocycles. The molecule has 0 saturated carbocycles. The molecule has 1 unspecified atom stereocenters. The maximum Gasteiger partial charge on any atom is 0.263 e. The summed E-state index contributed by atoms with van der Waals surface area (Å²) < 4.78 is 6.21. The predicted molar refractivity (Wildman–Crippen MR) is 109 cm³/mol. The molecule has 2 aromatic rings. The fraction of sp³-hybridized carbons (Fsp3) is 0.524. The number of rotatable bonds is 6. The molecule has 1 atom stereocenters. The van der Waals surface area contributed by atoms with Crippen molar-refractivity contribution in [1.82, 2.24) is 9.80 Å². The Bertz CT molecular complexity index is 815. The van der Waals surface area contributed by atoms with Crippen LogP contribution in [0, 0.1) is 0 Å². The van der Waals surface area contributed by atoms with Gasteiger partial charge < -0.3 is 14.5 Å². The maximum absolute atomic E-state index is 12.8. The van der Waals surface area contributed by atoms with E-state index in [9.17, 15) is 9.59 Å². The third kappa shape index (κ3) is 4.33. The molecule has 5 nitrogen and oxygen atoms in total. The van der Waals surface area contributed by atoms with E-state index in [1.165, 1.54) is 0 Å². The summed E-state index contributed by atoms with van der Waals surface area (Å²) in [6.07, 6.45) is 4.30. The molecule has 3 rings (SSSR count). The summed E-state index contributed by atoms with van der Waals surface area (Å²) in [6, 6.07) is 8.33. The van der Waals surface area contributed by atoms with Crippen molar-refractivity contribution in [3.05, 3.63) is 34.7 Å². The highest BCUT2D eigenvalue weighted by molar-refractivity contribution is 7.21. The molecule has 0 bridgehead atoms. The molecule has 1 fully saturated rings. The molecule has 1 saturated heterocycles. The van der Waals surface area contributed by atoms with Crippen molar-refractivity contribution in [3.8, 4) is 0 Å². The number of methoxy groups -OCH3 is 1. The van der Waals surface area contributed by atoms with Gasteiger partial charge in [-0.25, -0.2) is 0 Å². The van der Waals surface area contributed by atoms with Crippen molar-refractivity contribution < 1.29 is 14.3 Å². The smallest absolute Gasteiger partial charge is 0.263 e. The van der Waals surface area contributed by atoms with E-state index in [2.05, 4.69) is 12.1 Å². The molecule has 2 amide bonds. The second-order valence-electron chi connectivity index (χ2n) is 7.29. The lowest BCUT2D eigenvalue weighted by molar-refractivity contribution is -0.135. The van der Waals surface area contributed by atoms with Crippen molar-refractivity contribution in [2.24, 2.45) is 0 Å². The first-order chi connectivity index (χ1) is 13.0. The van der Waals surface area contributed by atoms with E-state index in [4.69, 9.17) is 4.74 Å². The van der Waals surface area contributed by atoms with Crippen molar-refractivity contribution in [1.29, 1.82) is 0 Å². The molecule has 1 aromatic heterocycles. The highest BCUT2D eigenvalue weighted by Crippen LogP contribution is 2.35. The van der Waals surface area contributed by atoms with Crippen LogP contribution >= 0.6 is 11.3 Å². The number of amides is 2. The van der Waals surface area contributed by atoms with Gasteiger partial charge in [-0.05, 0) is 42.7 Å². The molecule has 27 heavy (non-hydrogen) atoms. The van der Waals surface area contributed by atoms with Gasteiger partial charge in [-0.15, -0.1) is 11.3 Å². The SMILES string of the molecule is COCCC(=O)N1CCCCC1Cc1c(C(=O)N(C)C)sc2ccccc12. The lowest BCUT2D eigenvalue weighted by atomic mass is 9.93. The van der Waals surface area contributed by atoms with Gasteiger partial charge in [0, 0.05) is 38.5 Å². The second-order valence-corrected chi connectivity index (χ2v) is 8.34. The van der Waals surface area contributed by atoms with E-state index in [1.54, 1.807) is 37.4 Å². The zero-order chi connectivity index (χ0) is 19.4. The van der Waals surface area contributed by atoms with Gasteiger partial charge in [0.1, 0.15) is 0 Å². The molecular weight excluding hydrogens is 360 g/mol. The van der Waals surface area contributed by atoms with Gasteiger partial charge in [-0.3, -0.25) is 9.59 Å². The maximum atomic E-state index is 12.8. The number of nitrogens with zero attached hydrogens (tertiary/aromatic N) is 2. The molecular formula is C21H28N2O3S. The zero-order valence-corrected chi connectivity index (χ0v) is 17.2. The van der Waals surface area contributed by atoms with Gasteiger partial charge in [0.25, 0.3) is 5.91 Å². The average molecular weight is 389 g/mol. The number of hydrogen-bond donors (Lipinski definition) is 0. The highest BCUT2D eigenvalue weighted by Gasteiger charge is 2.29. The standard InChI is InChI=1S/C21H28N2O3S/c1-22(2)21(25)20-17(16-9-4-5-10-18(16)27-20)14-15-8-6-7-12-23(15)19(24)11-13-26-3/h4-5,9-10,15H,6-8,11-14H2,1-3H3. The lowest BCUT2D eigenvalue weighted by Crippen LogP contribution is -2.45. The van der Waals surface area contributed by atoms with Crippen LogP contribution in [-0.4, -0.2) is 62.0 Å². The molecule has 1 aliphatic heterocycles. The van der Waals surface area contributed by atoms with Crippen LogP contribution in [0.1, 0.15) is 40.9 Å². The van der Waals surface area contributed by atoms with Gasteiger partial charge in [0.15, 0.2) is 0 Å². The quantitative estimate of drug-likeness (QED) is 0.760. The van der Waals surface area contributed by atoms with Crippen LogP contribution in [0.15, 0.2) is 24.3 Å². The monoisotopic (exact) mass is 388 g/mol. The third-order valence-electron chi connectivity index (χ3n) is 5.21. The Morgan fingerprint density at radius 3 is 2.78 bits per heavy atom. The highest BCUT2D eigenvalue weighted by atomic mass is 32.1. The Morgan fingerprint density at radius 1 is 1.26 bits per heavy atom. The van der Waals surface area contributed by atoms with Gasteiger partial charge in [-0.2, -0.15) is 0 Å². The van der Waals surface area contributed by atoms with Gasteiger partial charge in [0.05, 0.1) is 17.9 Å². The number of hydrogen-bond acceptors (Lipinski definition) is 4.